The van der Waals surface area contributed by atoms with Gasteiger partial charge in [0.25, 0.3) is 5.91 Å². The summed E-state index contributed by atoms with van der Waals surface area (Å²) in [5.41, 5.74) is 0.646. The number of ketones is 1. The lowest BCUT2D eigenvalue weighted by Crippen LogP contribution is -2.39. The molecule has 2 fully saturated rings. The quantitative estimate of drug-likeness (QED) is 0.847. The molecule has 0 radical (unpaired) electrons. The Bertz CT molecular complexity index is 575. The monoisotopic (exact) mass is 317 g/mol. The average molecular weight is 317 g/mol. The number of ether oxygens (including phenoxy) is 2. The van der Waals surface area contributed by atoms with Gasteiger partial charge in [-0.05, 0) is 50.5 Å². The fraction of sp³-hybridized carbons (Fsp3) is 0.556. The van der Waals surface area contributed by atoms with Crippen LogP contribution in [-0.2, 0) is 9.53 Å². The second-order valence-corrected chi connectivity index (χ2v) is 6.54. The van der Waals surface area contributed by atoms with Crippen molar-refractivity contribution in [3.8, 4) is 5.75 Å². The van der Waals surface area contributed by atoms with Gasteiger partial charge in [0.1, 0.15) is 5.75 Å². The zero-order chi connectivity index (χ0) is 16.3. The van der Waals surface area contributed by atoms with Gasteiger partial charge in [-0.2, -0.15) is 0 Å². The summed E-state index contributed by atoms with van der Waals surface area (Å²) in [6, 6.07) is 6.89. The van der Waals surface area contributed by atoms with E-state index < -0.39 is 0 Å². The van der Waals surface area contributed by atoms with Gasteiger partial charge in [-0.25, -0.2) is 0 Å². The highest BCUT2D eigenvalue weighted by Crippen LogP contribution is 2.40. The Balaban J connectivity index is 1.44. The van der Waals surface area contributed by atoms with Gasteiger partial charge in [0.2, 0.25) is 0 Å². The van der Waals surface area contributed by atoms with Gasteiger partial charge in [-0.1, -0.05) is 12.8 Å². The molecule has 1 aliphatic heterocycles. The summed E-state index contributed by atoms with van der Waals surface area (Å²) < 4.78 is 11.4. The van der Waals surface area contributed by atoms with E-state index in [1.54, 1.807) is 24.3 Å². The van der Waals surface area contributed by atoms with Crippen LogP contribution in [-0.4, -0.2) is 36.5 Å². The maximum absolute atomic E-state index is 12.0. The number of Topliss-reactive ketones (excluding diaryl/α,β-unsaturated/α-hetero) is 1. The fourth-order valence-corrected chi connectivity index (χ4v) is 3.51. The van der Waals surface area contributed by atoms with E-state index >= 15 is 0 Å². The van der Waals surface area contributed by atoms with Crippen molar-refractivity contribution in [2.45, 2.75) is 50.7 Å². The molecule has 0 unspecified atom stereocenters. The summed E-state index contributed by atoms with van der Waals surface area (Å²) in [7, 11) is 0. The van der Waals surface area contributed by atoms with Gasteiger partial charge >= 0.3 is 0 Å². The predicted molar refractivity (Wildman–Crippen MR) is 85.6 cm³/mol. The van der Waals surface area contributed by atoms with Crippen LogP contribution in [0.25, 0.3) is 0 Å². The zero-order valence-electron chi connectivity index (χ0n) is 13.5. The van der Waals surface area contributed by atoms with Crippen molar-refractivity contribution in [2.24, 2.45) is 0 Å². The van der Waals surface area contributed by atoms with Crippen molar-refractivity contribution in [2.75, 3.05) is 13.2 Å². The number of carbonyl (C=O) groups excluding carboxylic acids is 2. The highest BCUT2D eigenvalue weighted by Gasteiger charge is 2.42. The van der Waals surface area contributed by atoms with Crippen molar-refractivity contribution in [1.29, 1.82) is 0 Å². The number of benzene rings is 1. The van der Waals surface area contributed by atoms with Crippen LogP contribution in [0, 0.1) is 0 Å². The van der Waals surface area contributed by atoms with Crippen LogP contribution in [0.1, 0.15) is 49.4 Å². The van der Waals surface area contributed by atoms with Gasteiger partial charge in [-0.3, -0.25) is 9.59 Å². The maximum atomic E-state index is 12.0. The Kier molecular flexibility index (Phi) is 4.66. The third-order valence-corrected chi connectivity index (χ3v) is 4.72. The van der Waals surface area contributed by atoms with Gasteiger partial charge in [0.15, 0.2) is 12.4 Å². The third kappa shape index (κ3) is 3.91. The van der Waals surface area contributed by atoms with Crippen molar-refractivity contribution >= 4 is 11.7 Å². The molecule has 3 rings (SSSR count). The molecule has 1 aliphatic carbocycles. The Morgan fingerprint density at radius 1 is 1.26 bits per heavy atom. The minimum Gasteiger partial charge on any atom is -0.484 e. The van der Waals surface area contributed by atoms with E-state index in [1.807, 2.05) is 0 Å². The van der Waals surface area contributed by atoms with Gasteiger partial charge in [0.05, 0.1) is 18.2 Å². The standard InChI is InChI=1S/C18H23NO4/c1-13(20)14-4-6-16(7-5-14)22-12-17(21)19-15-10-18(23-11-15)8-2-3-9-18/h4-7,15H,2-3,8-12H2,1H3,(H,19,21)/t15-/m1/s1. The van der Waals surface area contributed by atoms with Crippen LogP contribution >= 0.6 is 0 Å². The molecule has 1 aromatic rings. The van der Waals surface area contributed by atoms with E-state index in [9.17, 15) is 9.59 Å². The molecule has 2 aliphatic rings. The predicted octanol–water partition coefficient (Wildman–Crippen LogP) is 2.49. The van der Waals surface area contributed by atoms with E-state index in [0.717, 1.165) is 19.3 Å². The van der Waals surface area contributed by atoms with E-state index in [1.165, 1.54) is 19.8 Å². The van der Waals surface area contributed by atoms with Crippen LogP contribution in [0.3, 0.4) is 0 Å². The van der Waals surface area contributed by atoms with Crippen LogP contribution in [0.2, 0.25) is 0 Å². The topological polar surface area (TPSA) is 64.6 Å². The second kappa shape index (κ2) is 6.71. The lowest BCUT2D eigenvalue weighted by atomic mass is 9.96. The van der Waals surface area contributed by atoms with Gasteiger partial charge in [-0.15, -0.1) is 0 Å². The number of rotatable bonds is 5. The normalized spacial score (nSPS) is 22.2. The molecule has 5 nitrogen and oxygen atoms in total. The molecular weight excluding hydrogens is 294 g/mol. The number of hydrogen-bond acceptors (Lipinski definition) is 4. The Morgan fingerprint density at radius 3 is 2.61 bits per heavy atom. The summed E-state index contributed by atoms with van der Waals surface area (Å²) in [6.45, 7) is 2.09. The molecule has 1 atom stereocenters. The lowest BCUT2D eigenvalue weighted by molar-refractivity contribution is -0.123. The molecular formula is C18H23NO4. The van der Waals surface area contributed by atoms with E-state index in [0.29, 0.717) is 17.9 Å². The second-order valence-electron chi connectivity index (χ2n) is 6.54. The summed E-state index contributed by atoms with van der Waals surface area (Å²) in [5, 5.41) is 2.99. The van der Waals surface area contributed by atoms with E-state index in [4.69, 9.17) is 9.47 Å². The smallest absolute Gasteiger partial charge is 0.258 e. The van der Waals surface area contributed by atoms with Crippen molar-refractivity contribution in [3.63, 3.8) is 0 Å². The van der Waals surface area contributed by atoms with Crippen LogP contribution in [0.15, 0.2) is 24.3 Å². The molecule has 1 amide bonds. The number of hydrogen-bond donors (Lipinski definition) is 1. The van der Waals surface area contributed by atoms with Crippen molar-refractivity contribution in [1.82, 2.24) is 5.32 Å². The minimum absolute atomic E-state index is 0.0105. The first-order valence-corrected chi connectivity index (χ1v) is 8.23. The molecule has 1 heterocycles. The minimum atomic E-state index is -0.135. The SMILES string of the molecule is CC(=O)c1ccc(OCC(=O)N[C@H]2COC3(CCCC3)C2)cc1. The molecule has 1 spiro atoms. The van der Waals surface area contributed by atoms with Crippen LogP contribution in [0.5, 0.6) is 5.75 Å². The lowest BCUT2D eigenvalue weighted by Gasteiger charge is -2.21. The molecule has 1 aromatic carbocycles. The highest BCUT2D eigenvalue weighted by atomic mass is 16.5. The molecule has 0 aromatic heterocycles. The molecule has 5 heteroatoms. The van der Waals surface area contributed by atoms with Crippen molar-refractivity contribution in [3.05, 3.63) is 29.8 Å². The highest BCUT2D eigenvalue weighted by molar-refractivity contribution is 5.94. The molecule has 23 heavy (non-hydrogen) atoms. The van der Waals surface area contributed by atoms with Crippen LogP contribution < -0.4 is 10.1 Å². The number of nitrogens with one attached hydrogen (secondary N) is 1. The summed E-state index contributed by atoms with van der Waals surface area (Å²) in [5.74, 6) is 0.459. The van der Waals surface area contributed by atoms with Gasteiger partial charge < -0.3 is 14.8 Å². The average Bonchev–Trinajstić information content (AvgIpc) is 3.16. The third-order valence-electron chi connectivity index (χ3n) is 4.72. The van der Waals surface area contributed by atoms with Gasteiger partial charge in [0, 0.05) is 5.56 Å². The van der Waals surface area contributed by atoms with Crippen molar-refractivity contribution < 1.29 is 19.1 Å². The van der Waals surface area contributed by atoms with E-state index in [-0.39, 0.29) is 29.9 Å². The maximum Gasteiger partial charge on any atom is 0.258 e. The summed E-state index contributed by atoms with van der Waals surface area (Å²) in [4.78, 5) is 23.2. The number of carbonyl (C=O) groups is 2. The largest absolute Gasteiger partial charge is 0.484 e. The number of amides is 1. The molecule has 1 N–H and O–H groups in total. The Labute approximate surface area is 136 Å². The first-order valence-electron chi connectivity index (χ1n) is 8.23. The first-order chi connectivity index (χ1) is 11.1. The zero-order valence-corrected chi connectivity index (χ0v) is 13.5. The molecule has 1 saturated heterocycles. The first kappa shape index (κ1) is 16.0. The Hall–Kier alpha value is -1.88. The molecule has 1 saturated carbocycles. The molecule has 0 bridgehead atoms. The summed E-state index contributed by atoms with van der Waals surface area (Å²) >= 11 is 0. The molecule has 124 valence electrons. The van der Waals surface area contributed by atoms with Crippen LogP contribution in [0.4, 0.5) is 0 Å². The Morgan fingerprint density at radius 2 is 1.96 bits per heavy atom. The summed E-state index contributed by atoms with van der Waals surface area (Å²) in [6.07, 6.45) is 5.57. The fourth-order valence-electron chi connectivity index (χ4n) is 3.51. The van der Waals surface area contributed by atoms with E-state index in [2.05, 4.69) is 5.32 Å².